The van der Waals surface area contributed by atoms with Crippen molar-refractivity contribution in [2.24, 2.45) is 0 Å². The Labute approximate surface area is 207 Å². The number of nitro benzene ring substituents is 1. The van der Waals surface area contributed by atoms with Crippen molar-refractivity contribution in [3.8, 4) is 12.1 Å². The number of hydrogen-bond donors (Lipinski definition) is 0. The maximum absolute atomic E-state index is 12.9. The van der Waals surface area contributed by atoms with E-state index in [2.05, 4.69) is 0 Å². The van der Waals surface area contributed by atoms with E-state index in [1.165, 1.54) is 12.1 Å². The summed E-state index contributed by atoms with van der Waals surface area (Å²) in [6.07, 6.45) is 4.10. The normalized spacial score (nSPS) is 13.6. The van der Waals surface area contributed by atoms with E-state index in [1.54, 1.807) is 26.0 Å². The van der Waals surface area contributed by atoms with Crippen molar-refractivity contribution in [1.82, 2.24) is 0 Å². The van der Waals surface area contributed by atoms with Crippen molar-refractivity contribution in [3.05, 3.63) is 60.3 Å². The average Bonchev–Trinajstić information content (AvgIpc) is 3.17. The molecule has 0 unspecified atom stereocenters. The molecule has 1 aromatic carbocycles. The minimum atomic E-state index is -0.567. The van der Waals surface area contributed by atoms with Crippen molar-refractivity contribution in [3.63, 3.8) is 0 Å². The Morgan fingerprint density at radius 3 is 2.57 bits per heavy atom. The van der Waals surface area contributed by atoms with Gasteiger partial charge in [-0.3, -0.25) is 14.9 Å². The first-order valence-electron chi connectivity index (χ1n) is 11.2. The SMILES string of the molecule is CCOC(=O)c1sc(CC(=O)/C(C#N)=C\c2ccc(N3CCCCC3)c([N+](=O)[O-])c2)c(C#N)c1C. The van der Waals surface area contributed by atoms with Gasteiger partial charge in [0.05, 0.1) is 22.7 Å². The molecule has 1 aliphatic heterocycles. The quantitative estimate of drug-likeness (QED) is 0.170. The van der Waals surface area contributed by atoms with Gasteiger partial charge < -0.3 is 9.64 Å². The maximum Gasteiger partial charge on any atom is 0.348 e. The summed E-state index contributed by atoms with van der Waals surface area (Å²) in [5.41, 5.74) is 1.26. The monoisotopic (exact) mass is 492 g/mol. The topological polar surface area (TPSA) is 137 Å². The fourth-order valence-electron chi connectivity index (χ4n) is 4.00. The molecule has 0 bridgehead atoms. The standard InChI is InChI=1S/C25H24N4O5S/c1-3-34-25(31)24-16(2)19(15-27)23(35-24)13-22(30)18(14-26)11-17-7-8-20(21(12-17)29(32)33)28-9-5-4-6-10-28/h7-8,11-12H,3-6,9-10,13H2,1-2H3/b18-11-. The first kappa shape index (κ1) is 25.6. The van der Waals surface area contributed by atoms with Gasteiger partial charge in [-0.2, -0.15) is 10.5 Å². The van der Waals surface area contributed by atoms with Crippen LogP contribution in [0.25, 0.3) is 6.08 Å². The lowest BCUT2D eigenvalue weighted by atomic mass is 10.0. The number of piperidine rings is 1. The molecule has 0 aliphatic carbocycles. The van der Waals surface area contributed by atoms with Gasteiger partial charge >= 0.3 is 5.97 Å². The van der Waals surface area contributed by atoms with Gasteiger partial charge in [0.1, 0.15) is 22.7 Å². The van der Waals surface area contributed by atoms with Gasteiger partial charge in [-0.15, -0.1) is 11.3 Å². The average molecular weight is 493 g/mol. The second-order valence-electron chi connectivity index (χ2n) is 8.01. The summed E-state index contributed by atoms with van der Waals surface area (Å²) in [7, 11) is 0. The molecule has 10 heteroatoms. The van der Waals surface area contributed by atoms with Crippen molar-refractivity contribution < 1.29 is 19.2 Å². The molecule has 3 rings (SSSR count). The Morgan fingerprint density at radius 1 is 1.26 bits per heavy atom. The number of nitrogens with zero attached hydrogens (tertiary/aromatic N) is 4. The highest BCUT2D eigenvalue weighted by molar-refractivity contribution is 7.14. The summed E-state index contributed by atoms with van der Waals surface area (Å²) < 4.78 is 5.01. The number of ketones is 1. The number of allylic oxidation sites excluding steroid dienone is 1. The number of ether oxygens (including phenoxy) is 1. The first-order valence-corrected chi connectivity index (χ1v) is 12.0. The minimum Gasteiger partial charge on any atom is -0.462 e. The lowest BCUT2D eigenvalue weighted by Gasteiger charge is -2.28. The molecule has 2 aromatic rings. The van der Waals surface area contributed by atoms with Crippen LogP contribution in [0.15, 0.2) is 23.8 Å². The number of nitriles is 2. The Bertz CT molecular complexity index is 1280. The number of thiophene rings is 1. The van der Waals surface area contributed by atoms with Gasteiger partial charge in [-0.1, -0.05) is 6.07 Å². The number of carbonyl (C=O) groups is 2. The highest BCUT2D eigenvalue weighted by atomic mass is 32.1. The van der Waals surface area contributed by atoms with Crippen LogP contribution in [0, 0.1) is 39.7 Å². The molecule has 1 aromatic heterocycles. The third-order valence-corrected chi connectivity index (χ3v) is 7.01. The van der Waals surface area contributed by atoms with Gasteiger partial charge in [0, 0.05) is 30.5 Å². The molecule has 1 saturated heterocycles. The predicted octanol–water partition coefficient (Wildman–Crippen LogP) is 4.72. The zero-order valence-corrected chi connectivity index (χ0v) is 20.3. The first-order chi connectivity index (χ1) is 16.8. The van der Waals surface area contributed by atoms with Crippen LogP contribution < -0.4 is 4.90 Å². The lowest BCUT2D eigenvalue weighted by Crippen LogP contribution is -2.29. The number of Topliss-reactive ketones (excluding diaryl/α,β-unsaturated/α-hetero) is 1. The highest BCUT2D eigenvalue weighted by Crippen LogP contribution is 2.33. The summed E-state index contributed by atoms with van der Waals surface area (Å²) in [4.78, 5) is 38.9. The van der Waals surface area contributed by atoms with Crippen molar-refractivity contribution >= 4 is 40.5 Å². The van der Waals surface area contributed by atoms with E-state index in [9.17, 15) is 30.2 Å². The number of rotatable bonds is 8. The molecule has 0 saturated carbocycles. The third kappa shape index (κ3) is 5.73. The number of benzene rings is 1. The molecule has 1 fully saturated rings. The zero-order chi connectivity index (χ0) is 25.5. The molecular formula is C25H24N4O5S. The number of hydrogen-bond acceptors (Lipinski definition) is 9. The Kier molecular flexibility index (Phi) is 8.34. The van der Waals surface area contributed by atoms with E-state index in [-0.39, 0.29) is 34.7 Å². The van der Waals surface area contributed by atoms with E-state index in [1.807, 2.05) is 17.0 Å². The second kappa shape index (κ2) is 11.4. The minimum absolute atomic E-state index is 0.0786. The van der Waals surface area contributed by atoms with Gasteiger partial charge in [0.2, 0.25) is 0 Å². The molecule has 9 nitrogen and oxygen atoms in total. The highest BCUT2D eigenvalue weighted by Gasteiger charge is 2.24. The molecule has 35 heavy (non-hydrogen) atoms. The molecule has 0 spiro atoms. The molecule has 0 atom stereocenters. The van der Waals surface area contributed by atoms with E-state index < -0.39 is 16.7 Å². The Morgan fingerprint density at radius 2 is 1.97 bits per heavy atom. The molecule has 0 radical (unpaired) electrons. The van der Waals surface area contributed by atoms with Gasteiger partial charge in [0.25, 0.3) is 5.69 Å². The van der Waals surface area contributed by atoms with E-state index in [0.717, 1.165) is 43.7 Å². The van der Waals surface area contributed by atoms with E-state index in [0.29, 0.717) is 21.7 Å². The Hall–Kier alpha value is -4.02. The number of nitro groups is 1. The van der Waals surface area contributed by atoms with Crippen molar-refractivity contribution in [2.75, 3.05) is 24.6 Å². The fraction of sp³-hybridized carbons (Fsp3) is 0.360. The number of carbonyl (C=O) groups excluding carboxylic acids is 2. The van der Waals surface area contributed by atoms with Crippen LogP contribution in [0.4, 0.5) is 11.4 Å². The van der Waals surface area contributed by atoms with Gasteiger partial charge in [-0.25, -0.2) is 4.79 Å². The molecule has 0 amide bonds. The largest absolute Gasteiger partial charge is 0.462 e. The molecule has 1 aliphatic rings. The zero-order valence-electron chi connectivity index (χ0n) is 19.5. The van der Waals surface area contributed by atoms with Crippen LogP contribution in [0.1, 0.15) is 57.4 Å². The van der Waals surface area contributed by atoms with Gasteiger partial charge in [0.15, 0.2) is 5.78 Å². The number of anilines is 1. The Balaban J connectivity index is 1.90. The predicted molar refractivity (Wildman–Crippen MR) is 131 cm³/mol. The molecule has 0 N–H and O–H groups in total. The molecule has 180 valence electrons. The lowest BCUT2D eigenvalue weighted by molar-refractivity contribution is -0.384. The van der Waals surface area contributed by atoms with Crippen LogP contribution >= 0.6 is 11.3 Å². The summed E-state index contributed by atoms with van der Waals surface area (Å²) in [5.74, 6) is -1.12. The third-order valence-electron chi connectivity index (χ3n) is 5.74. The smallest absolute Gasteiger partial charge is 0.348 e. The van der Waals surface area contributed by atoms with Crippen LogP contribution in [0.2, 0.25) is 0 Å². The van der Waals surface area contributed by atoms with Crippen LogP contribution in [0.5, 0.6) is 0 Å². The number of esters is 1. The van der Waals surface area contributed by atoms with E-state index in [4.69, 9.17) is 4.74 Å². The van der Waals surface area contributed by atoms with Crippen molar-refractivity contribution in [1.29, 1.82) is 10.5 Å². The summed E-state index contributed by atoms with van der Waals surface area (Å²) >= 11 is 0.996. The summed E-state index contributed by atoms with van der Waals surface area (Å²) in [6, 6.07) is 8.54. The van der Waals surface area contributed by atoms with Crippen LogP contribution in [-0.2, 0) is 16.0 Å². The summed E-state index contributed by atoms with van der Waals surface area (Å²) in [5, 5.41) is 30.8. The molecule has 2 heterocycles. The van der Waals surface area contributed by atoms with Crippen LogP contribution in [-0.4, -0.2) is 36.4 Å². The second-order valence-corrected chi connectivity index (χ2v) is 9.11. The maximum atomic E-state index is 12.9. The summed E-state index contributed by atoms with van der Waals surface area (Å²) in [6.45, 7) is 4.94. The van der Waals surface area contributed by atoms with Crippen molar-refractivity contribution in [2.45, 2.75) is 39.5 Å². The fourth-order valence-corrected chi connectivity index (χ4v) is 5.14. The van der Waals surface area contributed by atoms with Gasteiger partial charge in [-0.05, 0) is 56.4 Å². The van der Waals surface area contributed by atoms with Crippen LogP contribution in [0.3, 0.4) is 0 Å². The molecular weight excluding hydrogens is 468 g/mol. The van der Waals surface area contributed by atoms with E-state index >= 15 is 0 Å².